The number of amides is 1. The van der Waals surface area contributed by atoms with Gasteiger partial charge in [-0.1, -0.05) is 0 Å². The third-order valence-corrected chi connectivity index (χ3v) is 7.51. The lowest BCUT2D eigenvalue weighted by atomic mass is 9.87. The van der Waals surface area contributed by atoms with Gasteiger partial charge in [0, 0.05) is 50.1 Å². The summed E-state index contributed by atoms with van der Waals surface area (Å²) in [4.78, 5) is 23.0. The van der Waals surface area contributed by atoms with Gasteiger partial charge in [0.2, 0.25) is 0 Å². The molecule has 4 heterocycles. The molecule has 1 saturated carbocycles. The van der Waals surface area contributed by atoms with Crippen molar-refractivity contribution in [3.63, 3.8) is 0 Å². The molecule has 0 unspecified atom stereocenters. The fraction of sp³-hybridized carbons (Fsp3) is 0.462. The van der Waals surface area contributed by atoms with Gasteiger partial charge in [-0.15, -0.1) is 0 Å². The molecule has 1 saturated heterocycles. The number of benzene rings is 1. The van der Waals surface area contributed by atoms with Gasteiger partial charge in [0.05, 0.1) is 19.3 Å². The smallest absolute Gasteiger partial charge is 0.255 e. The monoisotopic (exact) mass is 446 g/mol. The van der Waals surface area contributed by atoms with Crippen molar-refractivity contribution < 1.29 is 14.3 Å². The number of aromatic amines is 1. The molecular formula is C26H30N4O3. The molecule has 2 fully saturated rings. The summed E-state index contributed by atoms with van der Waals surface area (Å²) in [5.41, 5.74) is 7.57. The van der Waals surface area contributed by atoms with Gasteiger partial charge in [-0.3, -0.25) is 4.79 Å². The Hall–Kier alpha value is -2.74. The van der Waals surface area contributed by atoms with Crippen LogP contribution in [0.1, 0.15) is 41.1 Å². The van der Waals surface area contributed by atoms with Gasteiger partial charge in [0.25, 0.3) is 5.91 Å². The van der Waals surface area contributed by atoms with E-state index in [0.29, 0.717) is 13.2 Å². The summed E-state index contributed by atoms with van der Waals surface area (Å²) >= 11 is 0. The molecule has 7 heteroatoms. The second-order valence-electron chi connectivity index (χ2n) is 9.55. The largest absolute Gasteiger partial charge is 0.378 e. The molecule has 2 aliphatic heterocycles. The first-order valence-electron chi connectivity index (χ1n) is 11.8. The lowest BCUT2D eigenvalue weighted by Gasteiger charge is -2.35. The number of hydrogen-bond acceptors (Lipinski definition) is 5. The van der Waals surface area contributed by atoms with Crippen LogP contribution in [0.2, 0.25) is 0 Å². The molecule has 2 aromatic heterocycles. The number of morpholine rings is 1. The highest BCUT2D eigenvalue weighted by molar-refractivity contribution is 5.88. The van der Waals surface area contributed by atoms with Crippen molar-refractivity contribution in [3.05, 3.63) is 52.8 Å². The number of ether oxygens (including phenoxy) is 2. The van der Waals surface area contributed by atoms with E-state index in [-0.39, 0.29) is 11.9 Å². The van der Waals surface area contributed by atoms with Crippen LogP contribution in [0.3, 0.4) is 0 Å². The van der Waals surface area contributed by atoms with Gasteiger partial charge >= 0.3 is 0 Å². The highest BCUT2D eigenvalue weighted by atomic mass is 16.5. The van der Waals surface area contributed by atoms with Crippen molar-refractivity contribution in [2.45, 2.75) is 44.4 Å². The third-order valence-electron chi connectivity index (χ3n) is 7.51. The molecule has 172 valence electrons. The lowest BCUT2D eigenvalue weighted by Crippen LogP contribution is -2.44. The predicted octanol–water partition coefficient (Wildman–Crippen LogP) is 3.26. The van der Waals surface area contributed by atoms with Gasteiger partial charge in [0.15, 0.2) is 0 Å². The average molecular weight is 447 g/mol. The van der Waals surface area contributed by atoms with Gasteiger partial charge in [0.1, 0.15) is 11.2 Å². The summed E-state index contributed by atoms with van der Waals surface area (Å²) in [6.45, 7) is 5.70. The quantitative estimate of drug-likeness (QED) is 0.643. The average Bonchev–Trinajstić information content (AvgIpc) is 3.59. The summed E-state index contributed by atoms with van der Waals surface area (Å²) in [5, 5.41) is 4.77. The highest BCUT2D eigenvalue weighted by Gasteiger charge is 2.52. The maximum absolute atomic E-state index is 13.2. The van der Waals surface area contributed by atoms with Crippen LogP contribution in [-0.4, -0.2) is 59.8 Å². The van der Waals surface area contributed by atoms with E-state index in [1.54, 1.807) is 7.11 Å². The number of H-pyrrole nitrogens is 1. The Labute approximate surface area is 193 Å². The number of carbonyl (C=O) groups is 1. The molecule has 3 aliphatic rings. The minimum Gasteiger partial charge on any atom is -0.378 e. The van der Waals surface area contributed by atoms with Gasteiger partial charge < -0.3 is 24.7 Å². The molecule has 7 nitrogen and oxygen atoms in total. The maximum Gasteiger partial charge on any atom is 0.255 e. The first kappa shape index (κ1) is 20.8. The van der Waals surface area contributed by atoms with Crippen molar-refractivity contribution in [2.75, 3.05) is 33.4 Å². The van der Waals surface area contributed by atoms with E-state index in [1.165, 1.54) is 22.3 Å². The summed E-state index contributed by atoms with van der Waals surface area (Å²) in [6.07, 6.45) is 6.42. The van der Waals surface area contributed by atoms with E-state index < -0.39 is 5.60 Å². The van der Waals surface area contributed by atoms with E-state index in [9.17, 15) is 4.79 Å². The Morgan fingerprint density at radius 1 is 1.27 bits per heavy atom. The first-order valence-corrected chi connectivity index (χ1v) is 11.8. The molecule has 1 aromatic carbocycles. The molecule has 1 amide bonds. The van der Waals surface area contributed by atoms with Crippen molar-refractivity contribution in [1.29, 1.82) is 0 Å². The Morgan fingerprint density at radius 3 is 2.91 bits per heavy atom. The summed E-state index contributed by atoms with van der Waals surface area (Å²) in [5.74, 6) is 0.132. The normalized spacial score (nSPS) is 21.8. The predicted molar refractivity (Wildman–Crippen MR) is 126 cm³/mol. The molecule has 0 spiro atoms. The fourth-order valence-corrected chi connectivity index (χ4v) is 5.35. The van der Waals surface area contributed by atoms with E-state index >= 15 is 0 Å². The third kappa shape index (κ3) is 3.55. The second kappa shape index (κ2) is 7.94. The Kier molecular flexibility index (Phi) is 5.01. The van der Waals surface area contributed by atoms with Crippen LogP contribution in [0.5, 0.6) is 0 Å². The summed E-state index contributed by atoms with van der Waals surface area (Å²) in [7, 11) is 1.65. The summed E-state index contributed by atoms with van der Waals surface area (Å²) < 4.78 is 11.4. The van der Waals surface area contributed by atoms with Crippen molar-refractivity contribution in [1.82, 2.24) is 20.2 Å². The number of rotatable bonds is 4. The van der Waals surface area contributed by atoms with Crippen LogP contribution >= 0.6 is 0 Å². The molecule has 0 bridgehead atoms. The van der Waals surface area contributed by atoms with Crippen LogP contribution in [0, 0.1) is 6.92 Å². The number of aryl methyl sites for hydroxylation is 1. The minimum atomic E-state index is -0.586. The van der Waals surface area contributed by atoms with Crippen molar-refractivity contribution >= 4 is 16.9 Å². The number of carbonyl (C=O) groups excluding carboxylic acids is 1. The number of nitrogens with zero attached hydrogens (tertiary/aromatic N) is 2. The van der Waals surface area contributed by atoms with Crippen LogP contribution in [0.25, 0.3) is 22.2 Å². The van der Waals surface area contributed by atoms with Gasteiger partial charge in [-0.05, 0) is 72.2 Å². The van der Waals surface area contributed by atoms with E-state index in [2.05, 4.69) is 40.4 Å². The van der Waals surface area contributed by atoms with Crippen LogP contribution < -0.4 is 5.32 Å². The SMILES string of the molecule is COC1(C(=O)N2CCc3c(cc(-c4cnc5[nH]cc(C)c5c4)cc3[C@@H]3COCCN3)C2)CC1. The number of hydrogen-bond donors (Lipinski definition) is 2. The number of pyridine rings is 1. The molecule has 33 heavy (non-hydrogen) atoms. The fourth-order valence-electron chi connectivity index (χ4n) is 5.35. The standard InChI is InChI=1S/C26H30N4O3/c1-16-12-28-24-21(16)11-18(13-29-24)17-9-19-14-30(25(31)26(32-2)4-5-26)7-3-20(19)22(10-17)23-15-33-8-6-27-23/h9-13,23,27H,3-8,14-15H2,1-2H3,(H,28,29)/t23-/m0/s1. The first-order chi connectivity index (χ1) is 16.1. The second-order valence-corrected chi connectivity index (χ2v) is 9.55. The summed E-state index contributed by atoms with van der Waals surface area (Å²) in [6, 6.07) is 6.92. The highest BCUT2D eigenvalue weighted by Crippen LogP contribution is 2.42. The van der Waals surface area contributed by atoms with Crippen LogP contribution in [0.4, 0.5) is 0 Å². The minimum absolute atomic E-state index is 0.132. The van der Waals surface area contributed by atoms with Crippen molar-refractivity contribution in [3.8, 4) is 11.1 Å². The maximum atomic E-state index is 13.2. The van der Waals surface area contributed by atoms with Crippen LogP contribution in [-0.2, 0) is 27.2 Å². The molecular weight excluding hydrogens is 416 g/mol. The topological polar surface area (TPSA) is 79.5 Å². The van der Waals surface area contributed by atoms with Crippen molar-refractivity contribution in [2.24, 2.45) is 0 Å². The molecule has 3 aromatic rings. The number of nitrogens with one attached hydrogen (secondary N) is 2. The zero-order valence-corrected chi connectivity index (χ0v) is 19.2. The molecule has 1 atom stereocenters. The van der Waals surface area contributed by atoms with E-state index in [1.807, 2.05) is 17.3 Å². The number of methoxy groups -OCH3 is 1. The van der Waals surface area contributed by atoms with Crippen LogP contribution in [0.15, 0.2) is 30.6 Å². The molecule has 0 radical (unpaired) electrons. The molecule has 2 N–H and O–H groups in total. The Bertz CT molecular complexity index is 1220. The van der Waals surface area contributed by atoms with E-state index in [4.69, 9.17) is 9.47 Å². The number of fused-ring (bicyclic) bond motifs is 2. The zero-order chi connectivity index (χ0) is 22.6. The Morgan fingerprint density at radius 2 is 2.15 bits per heavy atom. The lowest BCUT2D eigenvalue weighted by molar-refractivity contribution is -0.145. The van der Waals surface area contributed by atoms with E-state index in [0.717, 1.165) is 61.1 Å². The van der Waals surface area contributed by atoms with Gasteiger partial charge in [-0.25, -0.2) is 4.98 Å². The Balaban J connectivity index is 1.42. The number of aromatic nitrogens is 2. The van der Waals surface area contributed by atoms with Gasteiger partial charge in [-0.2, -0.15) is 0 Å². The molecule has 1 aliphatic carbocycles. The molecule has 6 rings (SSSR count). The zero-order valence-electron chi connectivity index (χ0n) is 19.2.